The Kier molecular flexibility index (Phi) is 6.04. The van der Waals surface area contributed by atoms with Gasteiger partial charge in [-0.3, -0.25) is 4.79 Å². The monoisotopic (exact) mass is 398 g/mol. The fourth-order valence-corrected chi connectivity index (χ4v) is 4.34. The van der Waals surface area contributed by atoms with Gasteiger partial charge in [-0.15, -0.1) is 0 Å². The number of hydrogen-bond donors (Lipinski definition) is 3. The molecular weight excluding hydrogens is 371 g/mol. The van der Waals surface area contributed by atoms with Crippen LogP contribution >= 0.6 is 0 Å². The number of amides is 1. The second kappa shape index (κ2) is 8.86. The Morgan fingerprint density at radius 2 is 1.90 bits per heavy atom. The van der Waals surface area contributed by atoms with Crippen molar-refractivity contribution in [2.45, 2.75) is 63.6 Å². The van der Waals surface area contributed by atoms with E-state index in [1.807, 2.05) is 0 Å². The molecule has 1 heterocycles. The molecule has 4 rings (SSSR count). The number of carbonyl (C=O) groups is 1. The first-order chi connectivity index (χ1) is 14.1. The SMILES string of the molecule is O=C(NCc1ccc2c(c1)CCCC2)[C@H]1CC[C@H](Nc2ncc(F)cn2)[C@@H](O)C1. The molecule has 2 aliphatic rings. The van der Waals surface area contributed by atoms with Crippen LogP contribution in [-0.4, -0.2) is 33.1 Å². The minimum absolute atomic E-state index is 0.0155. The number of benzene rings is 1. The van der Waals surface area contributed by atoms with Crippen molar-refractivity contribution in [2.24, 2.45) is 5.92 Å². The van der Waals surface area contributed by atoms with Crippen LogP contribution < -0.4 is 10.6 Å². The van der Waals surface area contributed by atoms with Crippen LogP contribution in [-0.2, 0) is 24.2 Å². The number of anilines is 1. The Morgan fingerprint density at radius 3 is 2.66 bits per heavy atom. The number of rotatable bonds is 5. The first kappa shape index (κ1) is 19.8. The van der Waals surface area contributed by atoms with Crippen LogP contribution in [0, 0.1) is 11.7 Å². The lowest BCUT2D eigenvalue weighted by Crippen LogP contribution is -2.44. The Bertz CT molecular complexity index is 858. The molecule has 2 aliphatic carbocycles. The molecule has 0 radical (unpaired) electrons. The zero-order valence-corrected chi connectivity index (χ0v) is 16.4. The fourth-order valence-electron chi connectivity index (χ4n) is 4.34. The summed E-state index contributed by atoms with van der Waals surface area (Å²) in [6, 6.07) is 6.26. The second-order valence-electron chi connectivity index (χ2n) is 8.08. The van der Waals surface area contributed by atoms with Crippen LogP contribution in [0.4, 0.5) is 10.3 Å². The van der Waals surface area contributed by atoms with Crippen LogP contribution in [0.15, 0.2) is 30.6 Å². The highest BCUT2D eigenvalue weighted by atomic mass is 19.1. The van der Waals surface area contributed by atoms with Gasteiger partial charge in [0.1, 0.15) is 0 Å². The van der Waals surface area contributed by atoms with E-state index in [4.69, 9.17) is 0 Å². The molecule has 1 amide bonds. The summed E-state index contributed by atoms with van der Waals surface area (Å²) in [6.45, 7) is 0.518. The van der Waals surface area contributed by atoms with E-state index in [1.165, 1.54) is 24.0 Å². The van der Waals surface area contributed by atoms with Gasteiger partial charge in [0.15, 0.2) is 5.82 Å². The van der Waals surface area contributed by atoms with Crippen molar-refractivity contribution in [3.8, 4) is 0 Å². The van der Waals surface area contributed by atoms with E-state index in [0.29, 0.717) is 25.8 Å². The highest BCUT2D eigenvalue weighted by Crippen LogP contribution is 2.27. The third-order valence-corrected chi connectivity index (χ3v) is 6.00. The summed E-state index contributed by atoms with van der Waals surface area (Å²) in [7, 11) is 0. The smallest absolute Gasteiger partial charge is 0.223 e. The van der Waals surface area contributed by atoms with Crippen molar-refractivity contribution in [1.29, 1.82) is 0 Å². The molecule has 3 N–H and O–H groups in total. The third-order valence-electron chi connectivity index (χ3n) is 6.00. The number of halogens is 1. The zero-order valence-electron chi connectivity index (χ0n) is 16.4. The number of hydrogen-bond acceptors (Lipinski definition) is 5. The lowest BCUT2D eigenvalue weighted by atomic mass is 9.83. The molecule has 0 bridgehead atoms. The first-order valence-electron chi connectivity index (χ1n) is 10.4. The maximum atomic E-state index is 12.9. The molecule has 1 aromatic heterocycles. The number of aromatic nitrogens is 2. The molecule has 1 aromatic carbocycles. The molecule has 3 atom stereocenters. The maximum Gasteiger partial charge on any atom is 0.223 e. The van der Waals surface area contributed by atoms with E-state index in [2.05, 4.69) is 38.8 Å². The van der Waals surface area contributed by atoms with Gasteiger partial charge >= 0.3 is 0 Å². The number of carbonyl (C=O) groups excluding carboxylic acids is 1. The minimum atomic E-state index is -0.683. The van der Waals surface area contributed by atoms with Gasteiger partial charge in [0.2, 0.25) is 11.9 Å². The molecule has 1 saturated carbocycles. The average Bonchev–Trinajstić information content (AvgIpc) is 2.74. The Morgan fingerprint density at radius 1 is 1.14 bits per heavy atom. The lowest BCUT2D eigenvalue weighted by molar-refractivity contribution is -0.127. The van der Waals surface area contributed by atoms with Gasteiger partial charge in [-0.25, -0.2) is 14.4 Å². The predicted molar refractivity (Wildman–Crippen MR) is 108 cm³/mol. The summed E-state index contributed by atoms with van der Waals surface area (Å²) < 4.78 is 12.9. The fraction of sp³-hybridized carbons (Fsp3) is 0.500. The van der Waals surface area contributed by atoms with E-state index in [-0.39, 0.29) is 23.8 Å². The van der Waals surface area contributed by atoms with Crippen molar-refractivity contribution in [2.75, 3.05) is 5.32 Å². The number of aliphatic hydroxyl groups excluding tert-OH is 1. The van der Waals surface area contributed by atoms with Gasteiger partial charge < -0.3 is 15.7 Å². The van der Waals surface area contributed by atoms with Crippen LogP contribution in [0.1, 0.15) is 48.8 Å². The Balaban J connectivity index is 1.27. The predicted octanol–water partition coefficient (Wildman–Crippen LogP) is 2.75. The van der Waals surface area contributed by atoms with Crippen LogP contribution in [0.2, 0.25) is 0 Å². The Hall–Kier alpha value is -2.54. The number of nitrogens with one attached hydrogen (secondary N) is 2. The summed E-state index contributed by atoms with van der Waals surface area (Å²) in [5.74, 6) is -0.450. The largest absolute Gasteiger partial charge is 0.391 e. The topological polar surface area (TPSA) is 87.1 Å². The molecule has 0 aliphatic heterocycles. The zero-order chi connectivity index (χ0) is 20.2. The second-order valence-corrected chi connectivity index (χ2v) is 8.08. The number of aliphatic hydroxyl groups is 1. The quantitative estimate of drug-likeness (QED) is 0.721. The van der Waals surface area contributed by atoms with E-state index in [0.717, 1.165) is 30.8 Å². The van der Waals surface area contributed by atoms with Gasteiger partial charge in [-0.05, 0) is 61.6 Å². The summed E-state index contributed by atoms with van der Waals surface area (Å²) in [4.78, 5) is 20.3. The maximum absolute atomic E-state index is 12.9. The summed E-state index contributed by atoms with van der Waals surface area (Å²) in [6.07, 6.45) is 7.94. The summed E-state index contributed by atoms with van der Waals surface area (Å²) in [5, 5.41) is 16.5. The molecule has 154 valence electrons. The van der Waals surface area contributed by atoms with Gasteiger partial charge in [-0.1, -0.05) is 18.2 Å². The molecule has 0 spiro atoms. The Labute approximate surface area is 170 Å². The van der Waals surface area contributed by atoms with E-state index >= 15 is 0 Å². The van der Waals surface area contributed by atoms with Crippen molar-refractivity contribution in [3.63, 3.8) is 0 Å². The molecule has 1 fully saturated rings. The van der Waals surface area contributed by atoms with Crippen molar-refractivity contribution in [3.05, 3.63) is 53.1 Å². The van der Waals surface area contributed by atoms with Crippen molar-refractivity contribution >= 4 is 11.9 Å². The highest BCUT2D eigenvalue weighted by molar-refractivity contribution is 5.78. The van der Waals surface area contributed by atoms with Crippen LogP contribution in [0.25, 0.3) is 0 Å². The summed E-state index contributed by atoms with van der Waals surface area (Å²) in [5.41, 5.74) is 3.97. The van der Waals surface area contributed by atoms with E-state index in [1.54, 1.807) is 0 Å². The number of nitrogens with zero attached hydrogens (tertiary/aromatic N) is 2. The molecule has 6 nitrogen and oxygen atoms in total. The molecule has 0 saturated heterocycles. The standard InChI is InChI=1S/C22H27FN4O2/c23-18-12-25-22(26-13-18)27-19-8-7-17(10-20(19)28)21(29)24-11-14-5-6-15-3-1-2-4-16(15)9-14/h5-6,9,12-13,17,19-20,28H,1-4,7-8,10-11H2,(H,24,29)(H,25,26,27)/t17-,19-,20-/m0/s1. The first-order valence-corrected chi connectivity index (χ1v) is 10.4. The van der Waals surface area contributed by atoms with Crippen LogP contribution in [0.5, 0.6) is 0 Å². The molecular formula is C22H27FN4O2. The molecule has 2 aromatic rings. The van der Waals surface area contributed by atoms with Gasteiger partial charge in [0.05, 0.1) is 24.5 Å². The van der Waals surface area contributed by atoms with Crippen molar-refractivity contribution in [1.82, 2.24) is 15.3 Å². The van der Waals surface area contributed by atoms with E-state index in [9.17, 15) is 14.3 Å². The number of fused-ring (bicyclic) bond motifs is 1. The van der Waals surface area contributed by atoms with Crippen molar-refractivity contribution < 1.29 is 14.3 Å². The lowest BCUT2D eigenvalue weighted by Gasteiger charge is -2.32. The summed E-state index contributed by atoms with van der Waals surface area (Å²) >= 11 is 0. The van der Waals surface area contributed by atoms with E-state index < -0.39 is 11.9 Å². The van der Waals surface area contributed by atoms with Gasteiger partial charge in [0.25, 0.3) is 0 Å². The van der Waals surface area contributed by atoms with Crippen LogP contribution in [0.3, 0.4) is 0 Å². The minimum Gasteiger partial charge on any atom is -0.391 e. The van der Waals surface area contributed by atoms with Gasteiger partial charge in [-0.2, -0.15) is 0 Å². The average molecular weight is 398 g/mol. The number of aryl methyl sites for hydroxylation is 2. The molecule has 7 heteroatoms. The molecule has 29 heavy (non-hydrogen) atoms. The van der Waals surface area contributed by atoms with Gasteiger partial charge in [0, 0.05) is 12.5 Å². The highest BCUT2D eigenvalue weighted by Gasteiger charge is 2.33. The third kappa shape index (κ3) is 4.90. The molecule has 0 unspecified atom stereocenters. The normalized spacial score (nSPS) is 23.9.